The van der Waals surface area contributed by atoms with Crippen LogP contribution in [0.1, 0.15) is 31.7 Å². The van der Waals surface area contributed by atoms with Crippen molar-refractivity contribution in [2.75, 3.05) is 19.7 Å². The molecule has 0 aromatic heterocycles. The van der Waals surface area contributed by atoms with Crippen molar-refractivity contribution in [3.8, 4) is 0 Å². The molecular formula is C16H22FNO2. The molecule has 0 radical (unpaired) electrons. The van der Waals surface area contributed by atoms with Gasteiger partial charge in [0, 0.05) is 32.2 Å². The van der Waals surface area contributed by atoms with E-state index in [0.717, 1.165) is 32.4 Å². The molecule has 110 valence electrons. The smallest absolute Gasteiger partial charge is 0.219 e. The fourth-order valence-electron chi connectivity index (χ4n) is 2.58. The fourth-order valence-corrected chi connectivity index (χ4v) is 2.58. The topological polar surface area (TPSA) is 29.5 Å². The predicted molar refractivity (Wildman–Crippen MR) is 75.7 cm³/mol. The average molecular weight is 279 g/mol. The van der Waals surface area contributed by atoms with Crippen molar-refractivity contribution >= 4 is 5.91 Å². The first-order chi connectivity index (χ1) is 9.66. The molecule has 1 aliphatic heterocycles. The van der Waals surface area contributed by atoms with Crippen molar-refractivity contribution in [3.63, 3.8) is 0 Å². The highest BCUT2D eigenvalue weighted by molar-refractivity contribution is 5.73. The summed E-state index contributed by atoms with van der Waals surface area (Å²) in [4.78, 5) is 13.1. The van der Waals surface area contributed by atoms with Gasteiger partial charge in [0.1, 0.15) is 5.82 Å². The number of hydrogen-bond acceptors (Lipinski definition) is 2. The summed E-state index contributed by atoms with van der Waals surface area (Å²) in [6.45, 7) is 4.32. The molecule has 1 fully saturated rings. The summed E-state index contributed by atoms with van der Waals surface area (Å²) in [6.07, 6.45) is 3.07. The molecule has 2 rings (SSSR count). The average Bonchev–Trinajstić information content (AvgIpc) is 2.46. The molecule has 0 unspecified atom stereocenters. The van der Waals surface area contributed by atoms with Gasteiger partial charge >= 0.3 is 0 Å². The molecule has 0 spiro atoms. The summed E-state index contributed by atoms with van der Waals surface area (Å²) in [5, 5.41) is 0. The van der Waals surface area contributed by atoms with Crippen molar-refractivity contribution < 1.29 is 13.9 Å². The highest BCUT2D eigenvalue weighted by Gasteiger charge is 2.20. The van der Waals surface area contributed by atoms with Crippen LogP contribution in [0.2, 0.25) is 0 Å². The summed E-state index contributed by atoms with van der Waals surface area (Å²) < 4.78 is 18.9. The Hall–Kier alpha value is -1.42. The second kappa shape index (κ2) is 7.39. The van der Waals surface area contributed by atoms with Crippen LogP contribution < -0.4 is 0 Å². The van der Waals surface area contributed by atoms with Gasteiger partial charge in [-0.15, -0.1) is 0 Å². The maximum absolute atomic E-state index is 13.4. The Labute approximate surface area is 119 Å². The van der Waals surface area contributed by atoms with Gasteiger partial charge in [-0.25, -0.2) is 4.39 Å². The van der Waals surface area contributed by atoms with E-state index in [2.05, 4.69) is 0 Å². The van der Waals surface area contributed by atoms with Gasteiger partial charge in [-0.2, -0.15) is 0 Å². The lowest BCUT2D eigenvalue weighted by Crippen LogP contribution is -2.37. The van der Waals surface area contributed by atoms with E-state index in [1.807, 2.05) is 11.0 Å². The zero-order valence-corrected chi connectivity index (χ0v) is 12.0. The van der Waals surface area contributed by atoms with Crippen molar-refractivity contribution in [2.24, 2.45) is 5.92 Å². The number of piperidine rings is 1. The monoisotopic (exact) mass is 279 g/mol. The minimum absolute atomic E-state index is 0.166. The molecule has 0 atom stereocenters. The summed E-state index contributed by atoms with van der Waals surface area (Å²) in [7, 11) is 0. The zero-order chi connectivity index (χ0) is 14.4. The molecule has 1 aliphatic rings. The molecule has 0 bridgehead atoms. The number of halogens is 1. The van der Waals surface area contributed by atoms with E-state index in [0.29, 0.717) is 24.7 Å². The van der Waals surface area contributed by atoms with Crippen LogP contribution in [0, 0.1) is 11.7 Å². The number of carbonyl (C=O) groups excluding carboxylic acids is 1. The number of nitrogens with zero attached hydrogens (tertiary/aromatic N) is 1. The van der Waals surface area contributed by atoms with Crippen LogP contribution in [0.5, 0.6) is 0 Å². The number of likely N-dealkylation sites (tertiary alicyclic amines) is 1. The van der Waals surface area contributed by atoms with Gasteiger partial charge in [0.05, 0.1) is 6.61 Å². The fraction of sp³-hybridized carbons (Fsp3) is 0.562. The zero-order valence-electron chi connectivity index (χ0n) is 12.0. The van der Waals surface area contributed by atoms with Crippen LogP contribution in [0.25, 0.3) is 0 Å². The van der Waals surface area contributed by atoms with E-state index < -0.39 is 0 Å². The molecule has 1 amide bonds. The van der Waals surface area contributed by atoms with Crippen LogP contribution in [-0.2, 0) is 16.1 Å². The van der Waals surface area contributed by atoms with Crippen LogP contribution in [0.15, 0.2) is 24.3 Å². The number of amides is 1. The van der Waals surface area contributed by atoms with Gasteiger partial charge < -0.3 is 9.64 Å². The minimum atomic E-state index is -0.206. The number of carbonyl (C=O) groups is 1. The van der Waals surface area contributed by atoms with Crippen LogP contribution >= 0.6 is 0 Å². The van der Waals surface area contributed by atoms with Gasteiger partial charge in [0.15, 0.2) is 0 Å². The lowest BCUT2D eigenvalue weighted by atomic mass is 9.94. The van der Waals surface area contributed by atoms with Crippen molar-refractivity contribution in [1.29, 1.82) is 0 Å². The second-order valence-electron chi connectivity index (χ2n) is 5.38. The lowest BCUT2D eigenvalue weighted by molar-refractivity contribution is -0.130. The quantitative estimate of drug-likeness (QED) is 0.775. The molecular weight excluding hydrogens is 257 g/mol. The van der Waals surface area contributed by atoms with E-state index in [1.54, 1.807) is 19.1 Å². The lowest BCUT2D eigenvalue weighted by Gasteiger charge is -2.31. The SMILES string of the molecule is CC(=O)N1CCC(CCOCc2ccccc2F)CC1. The Morgan fingerprint density at radius 2 is 2.05 bits per heavy atom. The first kappa shape index (κ1) is 15.0. The second-order valence-corrected chi connectivity index (χ2v) is 5.38. The number of hydrogen-bond donors (Lipinski definition) is 0. The Morgan fingerprint density at radius 1 is 1.35 bits per heavy atom. The molecule has 1 aromatic rings. The van der Waals surface area contributed by atoms with Crippen LogP contribution in [-0.4, -0.2) is 30.5 Å². The maximum Gasteiger partial charge on any atom is 0.219 e. The summed E-state index contributed by atoms with van der Waals surface area (Å²) >= 11 is 0. The van der Waals surface area contributed by atoms with Gasteiger partial charge in [0.25, 0.3) is 0 Å². The van der Waals surface area contributed by atoms with E-state index >= 15 is 0 Å². The Morgan fingerprint density at radius 3 is 2.70 bits per heavy atom. The predicted octanol–water partition coefficient (Wildman–Crippen LogP) is 2.99. The highest BCUT2D eigenvalue weighted by atomic mass is 19.1. The number of ether oxygens (including phenoxy) is 1. The molecule has 3 nitrogen and oxygen atoms in total. The minimum Gasteiger partial charge on any atom is -0.377 e. The molecule has 1 aromatic carbocycles. The Balaban J connectivity index is 1.63. The summed E-state index contributed by atoms with van der Waals surface area (Å²) in [6, 6.07) is 6.71. The van der Waals surface area contributed by atoms with E-state index in [9.17, 15) is 9.18 Å². The van der Waals surface area contributed by atoms with Gasteiger partial charge in [0.2, 0.25) is 5.91 Å². The van der Waals surface area contributed by atoms with Crippen LogP contribution in [0.3, 0.4) is 0 Å². The Kier molecular flexibility index (Phi) is 5.53. The first-order valence-electron chi connectivity index (χ1n) is 7.23. The summed E-state index contributed by atoms with van der Waals surface area (Å²) in [5.41, 5.74) is 0.610. The molecule has 0 saturated carbocycles. The first-order valence-corrected chi connectivity index (χ1v) is 7.23. The molecule has 4 heteroatoms. The normalized spacial score (nSPS) is 16.4. The van der Waals surface area contributed by atoms with E-state index in [-0.39, 0.29) is 11.7 Å². The van der Waals surface area contributed by atoms with Crippen LogP contribution in [0.4, 0.5) is 4.39 Å². The Bertz CT molecular complexity index is 442. The van der Waals surface area contributed by atoms with Gasteiger partial charge in [-0.3, -0.25) is 4.79 Å². The molecule has 0 N–H and O–H groups in total. The van der Waals surface area contributed by atoms with E-state index in [4.69, 9.17) is 4.74 Å². The maximum atomic E-state index is 13.4. The largest absolute Gasteiger partial charge is 0.377 e. The third-order valence-electron chi connectivity index (χ3n) is 3.95. The van der Waals surface area contributed by atoms with Gasteiger partial charge in [-0.1, -0.05) is 18.2 Å². The molecule has 0 aliphatic carbocycles. The van der Waals surface area contributed by atoms with Crippen molar-refractivity contribution in [1.82, 2.24) is 4.90 Å². The van der Waals surface area contributed by atoms with E-state index in [1.165, 1.54) is 6.07 Å². The van der Waals surface area contributed by atoms with Gasteiger partial charge in [-0.05, 0) is 31.2 Å². The third-order valence-corrected chi connectivity index (χ3v) is 3.95. The third kappa shape index (κ3) is 4.30. The van der Waals surface area contributed by atoms with Crippen molar-refractivity contribution in [3.05, 3.63) is 35.6 Å². The molecule has 1 heterocycles. The standard InChI is InChI=1S/C16H22FNO2/c1-13(19)18-9-6-14(7-10-18)8-11-20-12-15-4-2-3-5-16(15)17/h2-5,14H,6-12H2,1H3. The molecule has 1 saturated heterocycles. The summed E-state index contributed by atoms with van der Waals surface area (Å²) in [5.74, 6) is 0.577. The number of benzene rings is 1. The highest BCUT2D eigenvalue weighted by Crippen LogP contribution is 2.20. The van der Waals surface area contributed by atoms with Crippen molar-refractivity contribution in [2.45, 2.75) is 32.8 Å². The number of rotatable bonds is 5. The molecule has 20 heavy (non-hydrogen) atoms.